The summed E-state index contributed by atoms with van der Waals surface area (Å²) in [4.78, 5) is 12.3. The Morgan fingerprint density at radius 2 is 2.28 bits per heavy atom. The lowest BCUT2D eigenvalue weighted by Crippen LogP contribution is -2.13. The van der Waals surface area contributed by atoms with Gasteiger partial charge in [0, 0.05) is 26.2 Å². The molecule has 8 nitrogen and oxygen atoms in total. The molecule has 0 amide bonds. The molecule has 2 heterocycles. The first-order valence-electron chi connectivity index (χ1n) is 5.26. The largest absolute Gasteiger partial charge is 0.369 e. The summed E-state index contributed by atoms with van der Waals surface area (Å²) in [5, 5.41) is 7.35. The standard InChI is InChI=1S/C9H13BrN8/c1-18-5-14-7(17-18)2-3-12-8-6(10)4-13-9(15-8)16-11/h4-5H,2-3,11H2,1H3,(H2,12,13,15,16). The lowest BCUT2D eigenvalue weighted by Gasteiger charge is -2.07. The molecule has 0 radical (unpaired) electrons. The number of nitrogens with two attached hydrogens (primary N) is 1. The number of halogens is 1. The van der Waals surface area contributed by atoms with Gasteiger partial charge in [0.1, 0.15) is 12.1 Å². The van der Waals surface area contributed by atoms with Gasteiger partial charge in [-0.05, 0) is 15.9 Å². The van der Waals surface area contributed by atoms with Crippen molar-refractivity contribution in [2.75, 3.05) is 17.3 Å². The quantitative estimate of drug-likeness (QED) is 0.538. The van der Waals surface area contributed by atoms with E-state index in [2.05, 4.69) is 46.7 Å². The van der Waals surface area contributed by atoms with Crippen LogP contribution in [-0.2, 0) is 13.5 Å². The van der Waals surface area contributed by atoms with Crippen LogP contribution in [0.3, 0.4) is 0 Å². The van der Waals surface area contributed by atoms with E-state index >= 15 is 0 Å². The summed E-state index contributed by atoms with van der Waals surface area (Å²) in [6.07, 6.45) is 4.01. The average Bonchev–Trinajstić information content (AvgIpc) is 2.77. The molecule has 0 unspecified atom stereocenters. The highest BCUT2D eigenvalue weighted by molar-refractivity contribution is 9.10. The van der Waals surface area contributed by atoms with Crippen molar-refractivity contribution < 1.29 is 0 Å². The minimum Gasteiger partial charge on any atom is -0.369 e. The van der Waals surface area contributed by atoms with Crippen LogP contribution in [0.2, 0.25) is 0 Å². The van der Waals surface area contributed by atoms with Crippen LogP contribution >= 0.6 is 15.9 Å². The number of hydrogen-bond acceptors (Lipinski definition) is 7. The van der Waals surface area contributed by atoms with E-state index in [-0.39, 0.29) is 0 Å². The van der Waals surface area contributed by atoms with E-state index in [1.54, 1.807) is 17.2 Å². The third kappa shape index (κ3) is 3.14. The van der Waals surface area contributed by atoms with Gasteiger partial charge in [-0.3, -0.25) is 10.1 Å². The molecule has 0 atom stereocenters. The van der Waals surface area contributed by atoms with Crippen LogP contribution in [0.25, 0.3) is 0 Å². The molecule has 0 aromatic carbocycles. The maximum Gasteiger partial charge on any atom is 0.239 e. The summed E-state index contributed by atoms with van der Waals surface area (Å²) in [6, 6.07) is 0. The summed E-state index contributed by atoms with van der Waals surface area (Å²) >= 11 is 3.36. The summed E-state index contributed by atoms with van der Waals surface area (Å²) in [5.74, 6) is 7.07. The maximum atomic E-state index is 5.25. The number of hydrazine groups is 1. The van der Waals surface area contributed by atoms with E-state index in [4.69, 9.17) is 5.84 Å². The van der Waals surface area contributed by atoms with Gasteiger partial charge < -0.3 is 5.32 Å². The third-order valence-electron chi connectivity index (χ3n) is 2.16. The molecular weight excluding hydrogens is 300 g/mol. The van der Waals surface area contributed by atoms with Gasteiger partial charge in [0.05, 0.1) is 4.47 Å². The van der Waals surface area contributed by atoms with Crippen LogP contribution in [-0.4, -0.2) is 31.3 Å². The monoisotopic (exact) mass is 312 g/mol. The molecule has 9 heteroatoms. The first kappa shape index (κ1) is 12.7. The SMILES string of the molecule is Cn1cnc(CCNc2nc(NN)ncc2Br)n1. The molecule has 2 aromatic heterocycles. The van der Waals surface area contributed by atoms with Crippen molar-refractivity contribution in [3.05, 3.63) is 22.8 Å². The van der Waals surface area contributed by atoms with Gasteiger partial charge >= 0.3 is 0 Å². The summed E-state index contributed by atoms with van der Waals surface area (Å²) < 4.78 is 2.45. The second kappa shape index (κ2) is 5.74. The zero-order valence-electron chi connectivity index (χ0n) is 9.76. The highest BCUT2D eigenvalue weighted by Crippen LogP contribution is 2.19. The Hall–Kier alpha value is -1.74. The minimum absolute atomic E-state index is 0.358. The number of nitrogen functional groups attached to an aromatic ring is 1. The molecule has 0 fully saturated rings. The van der Waals surface area contributed by atoms with Crippen molar-refractivity contribution >= 4 is 27.7 Å². The highest BCUT2D eigenvalue weighted by atomic mass is 79.9. The Morgan fingerprint density at radius 1 is 1.44 bits per heavy atom. The summed E-state index contributed by atoms with van der Waals surface area (Å²) in [7, 11) is 1.84. The highest BCUT2D eigenvalue weighted by Gasteiger charge is 2.04. The number of nitrogens with one attached hydrogen (secondary N) is 2. The van der Waals surface area contributed by atoms with Crippen molar-refractivity contribution in [1.29, 1.82) is 0 Å². The molecular formula is C9H13BrN8. The van der Waals surface area contributed by atoms with Gasteiger partial charge in [0.2, 0.25) is 5.95 Å². The van der Waals surface area contributed by atoms with Gasteiger partial charge in [-0.25, -0.2) is 15.8 Å². The van der Waals surface area contributed by atoms with Crippen molar-refractivity contribution in [1.82, 2.24) is 24.7 Å². The van der Waals surface area contributed by atoms with E-state index in [0.717, 1.165) is 10.3 Å². The van der Waals surface area contributed by atoms with E-state index in [0.29, 0.717) is 24.7 Å². The summed E-state index contributed by atoms with van der Waals surface area (Å²) in [5.41, 5.74) is 2.39. The van der Waals surface area contributed by atoms with E-state index < -0.39 is 0 Å². The lowest BCUT2D eigenvalue weighted by atomic mass is 10.4. The average molecular weight is 313 g/mol. The first-order valence-corrected chi connectivity index (χ1v) is 6.06. The maximum absolute atomic E-state index is 5.25. The van der Waals surface area contributed by atoms with E-state index in [1.165, 1.54) is 0 Å². The van der Waals surface area contributed by atoms with Gasteiger partial charge in [-0.2, -0.15) is 10.1 Å². The zero-order valence-corrected chi connectivity index (χ0v) is 11.3. The first-order chi connectivity index (χ1) is 8.69. The zero-order chi connectivity index (χ0) is 13.0. The van der Waals surface area contributed by atoms with E-state index in [9.17, 15) is 0 Å². The number of nitrogens with zero attached hydrogens (tertiary/aromatic N) is 5. The number of anilines is 2. The molecule has 0 spiro atoms. The second-order valence-electron chi connectivity index (χ2n) is 3.55. The van der Waals surface area contributed by atoms with Crippen molar-refractivity contribution in [3.63, 3.8) is 0 Å². The Balaban J connectivity index is 1.93. The van der Waals surface area contributed by atoms with E-state index in [1.807, 2.05) is 7.05 Å². The number of hydrogen-bond donors (Lipinski definition) is 3. The molecule has 96 valence electrons. The molecule has 0 saturated heterocycles. The summed E-state index contributed by atoms with van der Waals surface area (Å²) in [6.45, 7) is 0.670. The molecule has 18 heavy (non-hydrogen) atoms. The number of aromatic nitrogens is 5. The molecule has 0 aliphatic carbocycles. The van der Waals surface area contributed by atoms with Gasteiger partial charge in [0.15, 0.2) is 5.82 Å². The number of aryl methyl sites for hydroxylation is 1. The fourth-order valence-electron chi connectivity index (χ4n) is 1.35. The smallest absolute Gasteiger partial charge is 0.239 e. The molecule has 0 bridgehead atoms. The van der Waals surface area contributed by atoms with Crippen molar-refractivity contribution in [3.8, 4) is 0 Å². The van der Waals surface area contributed by atoms with Crippen LogP contribution in [0.5, 0.6) is 0 Å². The van der Waals surface area contributed by atoms with Crippen LogP contribution in [0, 0.1) is 0 Å². The van der Waals surface area contributed by atoms with Crippen LogP contribution < -0.4 is 16.6 Å². The Labute approximate surface area is 112 Å². The predicted octanol–water partition coefficient (Wildman–Crippen LogP) is 0.308. The predicted molar refractivity (Wildman–Crippen MR) is 70.7 cm³/mol. The van der Waals surface area contributed by atoms with Crippen LogP contribution in [0.15, 0.2) is 17.0 Å². The molecule has 4 N–H and O–H groups in total. The molecule has 0 saturated carbocycles. The Kier molecular flexibility index (Phi) is 4.05. The topological polar surface area (TPSA) is 107 Å². The molecule has 0 aliphatic rings. The normalized spacial score (nSPS) is 10.4. The Bertz CT molecular complexity index is 525. The third-order valence-corrected chi connectivity index (χ3v) is 2.74. The van der Waals surface area contributed by atoms with Crippen LogP contribution in [0.4, 0.5) is 11.8 Å². The fourth-order valence-corrected chi connectivity index (χ4v) is 1.68. The minimum atomic E-state index is 0.358. The van der Waals surface area contributed by atoms with Crippen molar-refractivity contribution in [2.45, 2.75) is 6.42 Å². The fraction of sp³-hybridized carbons (Fsp3) is 0.333. The molecule has 2 rings (SSSR count). The van der Waals surface area contributed by atoms with Gasteiger partial charge in [-0.1, -0.05) is 0 Å². The van der Waals surface area contributed by atoms with Gasteiger partial charge in [0.25, 0.3) is 0 Å². The van der Waals surface area contributed by atoms with Gasteiger partial charge in [-0.15, -0.1) is 0 Å². The molecule has 0 aliphatic heterocycles. The Morgan fingerprint density at radius 3 is 2.94 bits per heavy atom. The molecule has 2 aromatic rings. The lowest BCUT2D eigenvalue weighted by molar-refractivity contribution is 0.741. The second-order valence-corrected chi connectivity index (χ2v) is 4.40. The number of rotatable bonds is 5. The van der Waals surface area contributed by atoms with Crippen LogP contribution in [0.1, 0.15) is 5.82 Å². The van der Waals surface area contributed by atoms with Crippen molar-refractivity contribution in [2.24, 2.45) is 12.9 Å².